The van der Waals surface area contributed by atoms with Gasteiger partial charge in [0.2, 0.25) is 0 Å². The standard InChI is InChI=1S/C20H42O6Si2/c1-14(21)24-17-16(26-28(11,12)20(5,6)7)15(25-18(17)22-8)13-23-27(9,10)19(2,3)4/h15-18H,13H2,1-12H3/t15-,16-,17-,18-/m1/s1. The fourth-order valence-electron chi connectivity index (χ4n) is 2.50. The first-order valence-corrected chi connectivity index (χ1v) is 15.9. The molecule has 0 aromatic heterocycles. The lowest BCUT2D eigenvalue weighted by atomic mass is 10.1. The summed E-state index contributed by atoms with van der Waals surface area (Å²) >= 11 is 0. The van der Waals surface area contributed by atoms with Crippen LogP contribution in [-0.4, -0.2) is 60.9 Å². The molecule has 0 aliphatic carbocycles. The Kier molecular flexibility index (Phi) is 8.15. The van der Waals surface area contributed by atoms with Crippen LogP contribution in [0.25, 0.3) is 0 Å². The van der Waals surface area contributed by atoms with Crippen molar-refractivity contribution in [2.45, 2.75) is 109 Å². The summed E-state index contributed by atoms with van der Waals surface area (Å²) in [6.07, 6.45) is -2.03. The normalized spacial score (nSPS) is 27.1. The van der Waals surface area contributed by atoms with Crippen LogP contribution in [0.5, 0.6) is 0 Å². The van der Waals surface area contributed by atoms with E-state index in [0.29, 0.717) is 6.61 Å². The van der Waals surface area contributed by atoms with Crippen molar-refractivity contribution in [2.75, 3.05) is 13.7 Å². The third-order valence-electron chi connectivity index (χ3n) is 6.45. The molecule has 0 aromatic rings. The van der Waals surface area contributed by atoms with Crippen LogP contribution in [0, 0.1) is 0 Å². The highest BCUT2D eigenvalue weighted by Gasteiger charge is 2.52. The van der Waals surface area contributed by atoms with E-state index >= 15 is 0 Å². The number of carbonyl (C=O) groups is 1. The summed E-state index contributed by atoms with van der Waals surface area (Å²) in [4.78, 5) is 11.7. The molecule has 0 N–H and O–H groups in total. The summed E-state index contributed by atoms with van der Waals surface area (Å²) in [6, 6.07) is 0. The molecule has 0 saturated carbocycles. The minimum atomic E-state index is -2.13. The molecule has 4 atom stereocenters. The zero-order valence-electron chi connectivity index (χ0n) is 20.0. The highest BCUT2D eigenvalue weighted by molar-refractivity contribution is 6.74. The number of hydrogen-bond donors (Lipinski definition) is 0. The summed E-state index contributed by atoms with van der Waals surface area (Å²) < 4.78 is 30.2. The average molecular weight is 435 g/mol. The van der Waals surface area contributed by atoms with Crippen LogP contribution in [0.4, 0.5) is 0 Å². The van der Waals surface area contributed by atoms with Gasteiger partial charge in [0, 0.05) is 14.0 Å². The number of carbonyl (C=O) groups excluding carboxylic acids is 1. The van der Waals surface area contributed by atoms with Crippen LogP contribution in [0.15, 0.2) is 0 Å². The van der Waals surface area contributed by atoms with Crippen LogP contribution in [-0.2, 0) is 27.9 Å². The first-order valence-electron chi connectivity index (χ1n) is 10.1. The van der Waals surface area contributed by atoms with Gasteiger partial charge in [-0.25, -0.2) is 0 Å². The Morgan fingerprint density at radius 1 is 0.929 bits per heavy atom. The molecule has 166 valence electrons. The Labute approximate surface area is 173 Å². The van der Waals surface area contributed by atoms with Crippen molar-refractivity contribution in [2.24, 2.45) is 0 Å². The van der Waals surface area contributed by atoms with Gasteiger partial charge in [-0.05, 0) is 36.3 Å². The minimum Gasteiger partial charge on any atom is -0.454 e. The van der Waals surface area contributed by atoms with Crippen LogP contribution < -0.4 is 0 Å². The van der Waals surface area contributed by atoms with Gasteiger partial charge in [-0.3, -0.25) is 4.79 Å². The molecule has 1 fully saturated rings. The Morgan fingerprint density at radius 2 is 1.43 bits per heavy atom. The summed E-state index contributed by atoms with van der Waals surface area (Å²) in [6.45, 7) is 23.8. The van der Waals surface area contributed by atoms with Crippen LogP contribution in [0.1, 0.15) is 48.5 Å². The van der Waals surface area contributed by atoms with Gasteiger partial charge in [0.25, 0.3) is 0 Å². The van der Waals surface area contributed by atoms with Crippen molar-refractivity contribution in [3.63, 3.8) is 0 Å². The highest BCUT2D eigenvalue weighted by Crippen LogP contribution is 2.41. The molecule has 8 heteroatoms. The van der Waals surface area contributed by atoms with Crippen molar-refractivity contribution >= 4 is 22.6 Å². The van der Waals surface area contributed by atoms with E-state index in [-0.39, 0.29) is 22.1 Å². The van der Waals surface area contributed by atoms with E-state index in [0.717, 1.165) is 0 Å². The average Bonchev–Trinajstić information content (AvgIpc) is 2.79. The molecule has 1 heterocycles. The molecule has 1 rings (SSSR count). The third-order valence-corrected chi connectivity index (χ3v) is 15.4. The van der Waals surface area contributed by atoms with Gasteiger partial charge in [-0.2, -0.15) is 0 Å². The molecule has 0 amide bonds. The number of methoxy groups -OCH3 is 1. The second-order valence-electron chi connectivity index (χ2n) is 10.8. The quantitative estimate of drug-likeness (QED) is 0.427. The van der Waals surface area contributed by atoms with Gasteiger partial charge < -0.3 is 23.1 Å². The van der Waals surface area contributed by atoms with Crippen LogP contribution in [0.3, 0.4) is 0 Å². The minimum absolute atomic E-state index is 0.0176. The summed E-state index contributed by atoms with van der Waals surface area (Å²) in [5, 5.41) is 0.112. The molecule has 1 saturated heterocycles. The van der Waals surface area contributed by atoms with Gasteiger partial charge in [-0.15, -0.1) is 0 Å². The predicted molar refractivity (Wildman–Crippen MR) is 116 cm³/mol. The van der Waals surface area contributed by atoms with E-state index in [2.05, 4.69) is 67.7 Å². The molecule has 28 heavy (non-hydrogen) atoms. The van der Waals surface area contributed by atoms with Crippen molar-refractivity contribution in [3.05, 3.63) is 0 Å². The van der Waals surface area contributed by atoms with E-state index < -0.39 is 35.1 Å². The zero-order chi connectivity index (χ0) is 22.1. The topological polar surface area (TPSA) is 63.2 Å². The molecular weight excluding hydrogens is 392 g/mol. The Balaban J connectivity index is 3.12. The lowest BCUT2D eigenvalue weighted by molar-refractivity contribution is -0.178. The summed E-state index contributed by atoms with van der Waals surface area (Å²) in [5.74, 6) is -0.370. The lowest BCUT2D eigenvalue weighted by Crippen LogP contribution is -2.52. The Hall–Kier alpha value is -0.256. The van der Waals surface area contributed by atoms with E-state index in [1.807, 2.05) is 0 Å². The monoisotopic (exact) mass is 434 g/mol. The van der Waals surface area contributed by atoms with E-state index in [4.69, 9.17) is 23.1 Å². The van der Waals surface area contributed by atoms with Gasteiger partial charge in [0.05, 0.1) is 6.61 Å². The second kappa shape index (κ2) is 8.85. The zero-order valence-corrected chi connectivity index (χ0v) is 22.0. The van der Waals surface area contributed by atoms with Crippen molar-refractivity contribution < 1.29 is 27.9 Å². The van der Waals surface area contributed by atoms with Gasteiger partial charge in [0.1, 0.15) is 12.2 Å². The number of esters is 1. The largest absolute Gasteiger partial charge is 0.454 e. The SMILES string of the molecule is CO[C@@H]1O[C@H](CO[Si](C)(C)C(C)(C)C)[C@@H](O[Si](C)(C)C(C)(C)C)[C@H]1OC(C)=O. The van der Waals surface area contributed by atoms with Crippen LogP contribution in [0.2, 0.25) is 36.3 Å². The third kappa shape index (κ3) is 6.12. The van der Waals surface area contributed by atoms with Gasteiger partial charge in [0.15, 0.2) is 29.0 Å². The van der Waals surface area contributed by atoms with Gasteiger partial charge >= 0.3 is 5.97 Å². The van der Waals surface area contributed by atoms with E-state index in [1.54, 1.807) is 7.11 Å². The molecule has 1 aliphatic rings. The van der Waals surface area contributed by atoms with E-state index in [9.17, 15) is 4.79 Å². The fraction of sp³-hybridized carbons (Fsp3) is 0.950. The lowest BCUT2D eigenvalue weighted by Gasteiger charge is -2.41. The molecular formula is C20H42O6Si2. The fourth-order valence-corrected chi connectivity index (χ4v) is 4.83. The van der Waals surface area contributed by atoms with Crippen molar-refractivity contribution in [3.8, 4) is 0 Å². The predicted octanol–water partition coefficient (Wildman–Crippen LogP) is 4.70. The number of rotatable bonds is 7. The maximum atomic E-state index is 11.7. The van der Waals surface area contributed by atoms with E-state index in [1.165, 1.54) is 6.92 Å². The maximum absolute atomic E-state index is 11.7. The molecule has 0 spiro atoms. The smallest absolute Gasteiger partial charge is 0.303 e. The van der Waals surface area contributed by atoms with Crippen molar-refractivity contribution in [1.29, 1.82) is 0 Å². The Morgan fingerprint density at radius 3 is 1.82 bits per heavy atom. The van der Waals surface area contributed by atoms with Crippen LogP contribution >= 0.6 is 0 Å². The maximum Gasteiger partial charge on any atom is 0.303 e. The molecule has 0 unspecified atom stereocenters. The molecule has 0 radical (unpaired) electrons. The number of ether oxygens (including phenoxy) is 3. The van der Waals surface area contributed by atoms with Gasteiger partial charge in [-0.1, -0.05) is 41.5 Å². The summed E-state index contributed by atoms with van der Waals surface area (Å²) in [7, 11) is -2.53. The molecule has 0 aromatic carbocycles. The first kappa shape index (κ1) is 25.8. The Bertz CT molecular complexity index is 536. The molecule has 0 bridgehead atoms. The second-order valence-corrected chi connectivity index (χ2v) is 20.3. The number of hydrogen-bond acceptors (Lipinski definition) is 6. The molecule has 6 nitrogen and oxygen atoms in total. The van der Waals surface area contributed by atoms with Crippen molar-refractivity contribution in [1.82, 2.24) is 0 Å². The highest BCUT2D eigenvalue weighted by atomic mass is 28.4. The first-order chi connectivity index (χ1) is 12.4. The molecule has 1 aliphatic heterocycles. The summed E-state index contributed by atoms with van der Waals surface area (Å²) in [5.41, 5.74) is 0.